The van der Waals surface area contributed by atoms with Gasteiger partial charge in [0.05, 0.1) is 64.8 Å². The molecule has 4 aromatic rings. The lowest BCUT2D eigenvalue weighted by molar-refractivity contribution is -0.143. The van der Waals surface area contributed by atoms with Crippen molar-refractivity contribution in [1.29, 1.82) is 5.41 Å². The molecule has 0 aliphatic carbocycles. The summed E-state index contributed by atoms with van der Waals surface area (Å²) in [7, 11) is 0. The van der Waals surface area contributed by atoms with E-state index in [1.165, 1.54) is 58.3 Å². The van der Waals surface area contributed by atoms with Gasteiger partial charge < -0.3 is 125 Å². The Bertz CT molecular complexity index is 4750. The Labute approximate surface area is 836 Å². The Morgan fingerprint density at radius 2 is 1.14 bits per heavy atom. The summed E-state index contributed by atoms with van der Waals surface area (Å²) in [4.78, 5) is 254. The number of hydrogen-bond acceptors (Lipinski definition) is 28. The van der Waals surface area contributed by atoms with Crippen LogP contribution in [0.15, 0.2) is 60.8 Å². The number of aromatic nitrogens is 5. The van der Waals surface area contributed by atoms with Crippen LogP contribution in [0.3, 0.4) is 0 Å². The summed E-state index contributed by atoms with van der Waals surface area (Å²) in [6.07, 6.45) is 14.1. The fourth-order valence-corrected chi connectivity index (χ4v) is 16.6. The molecule has 2 saturated heterocycles. The molecule has 0 saturated carbocycles. The number of nitrogens with zero attached hydrogens (tertiary/aromatic N) is 5. The number of carboxylic acids is 2. The fourth-order valence-electron chi connectivity index (χ4n) is 16.6. The molecule has 48 heteroatoms. The lowest BCUT2D eigenvalue weighted by atomic mass is 9.99. The maximum absolute atomic E-state index is 15.5. The van der Waals surface area contributed by atoms with Gasteiger partial charge in [-0.25, -0.2) is 5.10 Å². The van der Waals surface area contributed by atoms with Gasteiger partial charge in [-0.05, 0) is 118 Å². The van der Waals surface area contributed by atoms with Crippen molar-refractivity contribution in [3.63, 3.8) is 0 Å². The number of nitrogens with two attached hydrogens (primary N) is 2. The number of benzene rings is 2. The van der Waals surface area contributed by atoms with E-state index in [9.17, 15) is 87.9 Å². The average Bonchev–Trinajstić information content (AvgIpc) is 1.48. The second kappa shape index (κ2) is 67.5. The van der Waals surface area contributed by atoms with Crippen LogP contribution in [0.1, 0.15) is 236 Å². The number of ketones is 2. The number of carbonyl (C=O) groups excluding carboxylic acids is 16. The van der Waals surface area contributed by atoms with Crippen molar-refractivity contribution in [3.8, 4) is 0 Å². The van der Waals surface area contributed by atoms with Gasteiger partial charge in [0.2, 0.25) is 82.7 Å². The van der Waals surface area contributed by atoms with E-state index in [0.717, 1.165) is 65.1 Å². The molecule has 0 bridgehead atoms. The van der Waals surface area contributed by atoms with Crippen molar-refractivity contribution in [2.24, 2.45) is 11.5 Å². The standard InChI is InChI=1S/C96H149N23O25/c1-3-4-33-69(87(134)110-73-41-40-64(123)31-20-17-21-34-67(61(2)122)105-91(138)75(51-63-53-102-68-35-25-24-32-66(63)68)111-88(135)71(37-28-44-101-96(98)99)107-90(137)74(50-62-29-18-16-19-30-62)112-94(141)78-52-65(124)55-119(78)95(73)142)106-86(133)70(36-26-27-46-118(56-84(129)130)57-85(131)132)108-93(140)77(59-121)113-89(136)72(42-43-79(97)125)109-92(139)76(58-120)104-82(127)54-103-83(128)60-144-49-48-143-47-45-100-81(126)39-23-15-13-11-9-7-5-6-8-10-12-14-22-38-80-114-116-117-115-80/h16,18-19,24-25,29-30,32,35,53,65,67,69-78,102,120-121,124H,3-15,17,20-23,26-28,31,33-34,36-52,54-60H2,1-2H3,(H2,97,125)(H,100,126)(H,103,128)(H,104,127)(H,105,138)(H,106,133)(H,107,137)(H,108,140)(H,109,139)(H,110,134)(H,111,135)(H,112,141)(H,113,136)(H,129,130)(H,131,132)(H4,98,99,101)(H,114,115,116,117)/t65-,67+,69+,70+,71+,72+,73+,74-,75+,76+,77+,78+/m1/s1. The van der Waals surface area contributed by atoms with Gasteiger partial charge in [0.25, 0.3) is 0 Å². The summed E-state index contributed by atoms with van der Waals surface area (Å²) in [5, 5.41) is 107. The summed E-state index contributed by atoms with van der Waals surface area (Å²) in [6, 6.07) is -2.29. The van der Waals surface area contributed by atoms with Crippen LogP contribution in [0, 0.1) is 5.41 Å². The lowest BCUT2D eigenvalue weighted by Gasteiger charge is -2.31. The molecule has 2 aliphatic rings. The van der Waals surface area contributed by atoms with E-state index in [1.54, 1.807) is 49.5 Å². The number of nitrogens with one attached hydrogen (secondary N) is 16. The Balaban J connectivity index is 1.12. The molecule has 0 spiro atoms. The number of aliphatic hydroxyl groups is 3. The largest absolute Gasteiger partial charge is 0.480 e. The topological polar surface area (TPSA) is 736 Å². The number of guanidine groups is 1. The van der Waals surface area contributed by atoms with E-state index in [1.807, 2.05) is 18.2 Å². The highest BCUT2D eigenvalue weighted by Gasteiger charge is 2.44. The Morgan fingerprint density at radius 1 is 0.562 bits per heavy atom. The Kier molecular flexibility index (Phi) is 56.1. The molecule has 4 heterocycles. The fraction of sp³-hybridized carbons (Fsp3) is 0.646. The van der Waals surface area contributed by atoms with Crippen LogP contribution in [0.5, 0.6) is 0 Å². The number of primary amides is 1. The van der Waals surface area contributed by atoms with Gasteiger partial charge in [-0.2, -0.15) is 0 Å². The number of unbranched alkanes of at least 4 members (excludes halogenated alkanes) is 14. The molecule has 25 N–H and O–H groups in total. The number of aryl methyl sites for hydroxylation is 1. The normalized spacial score (nSPS) is 18.4. The Morgan fingerprint density at radius 3 is 1.77 bits per heavy atom. The zero-order valence-electron chi connectivity index (χ0n) is 82.4. The van der Waals surface area contributed by atoms with Crippen molar-refractivity contribution >= 4 is 123 Å². The molecule has 798 valence electrons. The molecule has 2 aliphatic heterocycles. The number of hydrogen-bond donors (Lipinski definition) is 23. The third-order valence-corrected chi connectivity index (χ3v) is 24.5. The zero-order chi connectivity index (χ0) is 105. The minimum Gasteiger partial charge on any atom is -0.480 e. The number of tetrazole rings is 1. The summed E-state index contributed by atoms with van der Waals surface area (Å²) in [5.41, 5.74) is 12.9. The van der Waals surface area contributed by atoms with E-state index in [2.05, 4.69) is 94.7 Å². The molecule has 0 unspecified atom stereocenters. The molecule has 6 rings (SSSR count). The van der Waals surface area contributed by atoms with Crippen LogP contribution in [0.4, 0.5) is 0 Å². The van der Waals surface area contributed by atoms with Crippen LogP contribution >= 0.6 is 0 Å². The smallest absolute Gasteiger partial charge is 0.317 e. The number of aliphatic carboxylic acids is 2. The first kappa shape index (κ1) is 120. The van der Waals surface area contributed by atoms with E-state index >= 15 is 24.0 Å². The molecule has 0 radical (unpaired) electrons. The van der Waals surface area contributed by atoms with Gasteiger partial charge in [-0.3, -0.25) is 96.6 Å². The molecule has 2 aromatic heterocycles. The third-order valence-electron chi connectivity index (χ3n) is 24.5. The van der Waals surface area contributed by atoms with Gasteiger partial charge in [0.15, 0.2) is 11.7 Å². The van der Waals surface area contributed by atoms with Crippen LogP contribution in [-0.2, 0) is 115 Å². The SMILES string of the molecule is CCCC[C@H](NC(=O)[C@H](CCCCN(CC(=O)O)CC(=O)O)NC(=O)[C@H](CO)NC(=O)[C@H](CCC(N)=O)NC(=O)[C@H](CO)NC(=O)CNC(=O)COCCOCCNC(=O)CCCCCCCCCCCCCCCc1nnn[nH]1)C(=O)N[C@H]1CCC(=O)CCCCC[C@@H](C(C)=O)NC(=O)[C@H](Cc2c[nH]c3ccccc23)NC(=O)[C@H](CCCNC(=N)N)NC(=O)[C@@H](Cc2ccccc2)NC(=O)[C@@H]2C[C@@H](O)CN2C1=O. The van der Waals surface area contributed by atoms with Gasteiger partial charge >= 0.3 is 11.9 Å². The number of Topliss-reactive ketones (excluding diaryl/α,β-unsaturated/α-hetero) is 2. The second-order valence-corrected chi connectivity index (χ2v) is 36.3. The minimum atomic E-state index is -2.03. The van der Waals surface area contributed by atoms with Gasteiger partial charge in [0, 0.05) is 88.1 Å². The monoisotopic (exact) mass is 2020 g/mol. The summed E-state index contributed by atoms with van der Waals surface area (Å²) >= 11 is 0. The van der Waals surface area contributed by atoms with Crippen molar-refractivity contribution in [1.82, 2.24) is 105 Å². The zero-order valence-corrected chi connectivity index (χ0v) is 82.4. The van der Waals surface area contributed by atoms with E-state index < -0.39 is 257 Å². The number of carboxylic acid groups (broad SMARTS) is 2. The Hall–Kier alpha value is -13.1. The van der Waals surface area contributed by atoms with Crippen LogP contribution in [0.2, 0.25) is 0 Å². The molecule has 48 nitrogen and oxygen atoms in total. The summed E-state index contributed by atoms with van der Waals surface area (Å²) in [6.45, 7) is -2.25. The molecule has 2 aromatic carbocycles. The number of aliphatic hydroxyl groups excluding tert-OH is 3. The number of aromatic amines is 2. The highest BCUT2D eigenvalue weighted by molar-refractivity contribution is 6.01. The summed E-state index contributed by atoms with van der Waals surface area (Å²) in [5.74, 6) is -16.5. The number of ether oxygens (including phenoxy) is 2. The van der Waals surface area contributed by atoms with Crippen molar-refractivity contribution < 1.29 is 121 Å². The average molecular weight is 2030 g/mol. The highest BCUT2D eigenvalue weighted by atomic mass is 16.5. The van der Waals surface area contributed by atoms with Crippen molar-refractivity contribution in [2.75, 3.05) is 85.5 Å². The molecular weight excluding hydrogens is 1880 g/mol. The quantitative estimate of drug-likeness (QED) is 0.0136. The number of para-hydroxylation sites is 1. The van der Waals surface area contributed by atoms with Crippen LogP contribution < -0.4 is 80.6 Å². The number of carbonyl (C=O) groups is 18. The number of amides is 14. The first-order chi connectivity index (χ1) is 69.1. The second-order valence-electron chi connectivity index (χ2n) is 36.3. The highest BCUT2D eigenvalue weighted by Crippen LogP contribution is 2.25. The van der Waals surface area contributed by atoms with Crippen molar-refractivity contribution in [3.05, 3.63) is 77.7 Å². The predicted molar refractivity (Wildman–Crippen MR) is 523 cm³/mol. The third kappa shape index (κ3) is 47.0. The molecule has 144 heavy (non-hydrogen) atoms. The van der Waals surface area contributed by atoms with Gasteiger partial charge in [0.1, 0.15) is 78.6 Å². The van der Waals surface area contributed by atoms with Gasteiger partial charge in [-0.1, -0.05) is 152 Å². The molecule has 2 fully saturated rings. The molecule has 12 atom stereocenters. The first-order valence-corrected chi connectivity index (χ1v) is 49.9. The predicted octanol–water partition coefficient (Wildman–Crippen LogP) is -1.51. The minimum absolute atomic E-state index is 0.0382. The number of H-pyrrole nitrogens is 2. The van der Waals surface area contributed by atoms with Crippen molar-refractivity contribution in [2.45, 2.75) is 311 Å². The lowest BCUT2D eigenvalue weighted by Crippen LogP contribution is -2.61. The van der Waals surface area contributed by atoms with E-state index in [-0.39, 0.29) is 122 Å². The number of fused-ring (bicyclic) bond motifs is 2. The van der Waals surface area contributed by atoms with Gasteiger partial charge in [-0.15, -0.1) is 5.10 Å². The van der Waals surface area contributed by atoms with E-state index in [4.69, 9.17) is 26.4 Å². The first-order valence-electron chi connectivity index (χ1n) is 49.9. The molecular formula is C96H149N23O25. The van der Waals surface area contributed by atoms with Crippen LogP contribution in [-0.4, -0.2) is 331 Å². The summed E-state index contributed by atoms with van der Waals surface area (Å²) < 4.78 is 10.8. The maximum atomic E-state index is 15.5. The van der Waals surface area contributed by atoms with E-state index in [0.29, 0.717) is 36.8 Å². The molecule has 14 amide bonds. The maximum Gasteiger partial charge on any atom is 0.317 e. The number of rotatable bonds is 63. The van der Waals surface area contributed by atoms with Crippen LogP contribution in [0.25, 0.3) is 10.9 Å².